The van der Waals surface area contributed by atoms with Gasteiger partial charge in [-0.25, -0.2) is 4.79 Å². The van der Waals surface area contributed by atoms with Gasteiger partial charge in [0.25, 0.3) is 5.91 Å². The van der Waals surface area contributed by atoms with E-state index in [4.69, 9.17) is 9.47 Å². The van der Waals surface area contributed by atoms with Gasteiger partial charge in [-0.3, -0.25) is 10.1 Å². The van der Waals surface area contributed by atoms with Crippen molar-refractivity contribution in [2.45, 2.75) is 6.92 Å². The van der Waals surface area contributed by atoms with E-state index in [2.05, 4.69) is 42.8 Å². The van der Waals surface area contributed by atoms with Crippen LogP contribution in [0.3, 0.4) is 0 Å². The van der Waals surface area contributed by atoms with Gasteiger partial charge < -0.3 is 14.2 Å². The highest BCUT2D eigenvalue weighted by Gasteiger charge is 2.25. The van der Waals surface area contributed by atoms with Crippen molar-refractivity contribution in [3.8, 4) is 11.5 Å². The molecular formula is C16H16IN3O5S. The van der Waals surface area contributed by atoms with E-state index in [1.807, 2.05) is 13.0 Å². The van der Waals surface area contributed by atoms with E-state index < -0.39 is 11.9 Å². The number of ether oxygens (including phenoxy) is 3. The lowest BCUT2D eigenvalue weighted by atomic mass is 10.2. The summed E-state index contributed by atoms with van der Waals surface area (Å²) >= 11 is 3.15. The maximum absolute atomic E-state index is 11.7. The van der Waals surface area contributed by atoms with Gasteiger partial charge in [-0.15, -0.1) is 5.10 Å². The van der Waals surface area contributed by atoms with Gasteiger partial charge in [-0.05, 0) is 59.0 Å². The second-order valence-corrected chi connectivity index (χ2v) is 6.90. The summed E-state index contributed by atoms with van der Waals surface area (Å²) in [5.41, 5.74) is 0.766. The zero-order valence-electron chi connectivity index (χ0n) is 14.2. The summed E-state index contributed by atoms with van der Waals surface area (Å²) in [6.45, 7) is 2.39. The number of benzene rings is 1. The minimum atomic E-state index is -0.608. The van der Waals surface area contributed by atoms with E-state index >= 15 is 0 Å². The molecule has 0 spiro atoms. The SMILES string of the molecule is CCOc1cc(C=N/N=C2/NC(=O)/C(=C\C(=O)OC)S2)cc(I)c1OC. The highest BCUT2D eigenvalue weighted by molar-refractivity contribution is 14.1. The molecule has 1 aromatic carbocycles. The number of hydrogen-bond acceptors (Lipinski definition) is 8. The molecule has 10 heteroatoms. The minimum absolute atomic E-state index is 0.198. The number of amidine groups is 1. The van der Waals surface area contributed by atoms with Crippen molar-refractivity contribution in [1.29, 1.82) is 0 Å². The maximum Gasteiger partial charge on any atom is 0.331 e. The highest BCUT2D eigenvalue weighted by atomic mass is 127. The van der Waals surface area contributed by atoms with Crippen LogP contribution in [0.5, 0.6) is 11.5 Å². The van der Waals surface area contributed by atoms with Crippen LogP contribution in [0.15, 0.2) is 33.3 Å². The lowest BCUT2D eigenvalue weighted by Crippen LogP contribution is -2.19. The summed E-state index contributed by atoms with van der Waals surface area (Å²) in [6, 6.07) is 3.66. The summed E-state index contributed by atoms with van der Waals surface area (Å²) in [4.78, 5) is 23.1. The molecule has 0 bridgehead atoms. The van der Waals surface area contributed by atoms with Crippen molar-refractivity contribution >= 4 is 57.6 Å². The fourth-order valence-corrected chi connectivity index (χ4v) is 3.50. The molecule has 0 aromatic heterocycles. The zero-order valence-corrected chi connectivity index (χ0v) is 17.2. The molecule has 1 aliphatic rings. The predicted octanol–water partition coefficient (Wildman–Crippen LogP) is 2.31. The van der Waals surface area contributed by atoms with Gasteiger partial charge in [0, 0.05) is 6.08 Å². The topological polar surface area (TPSA) is 98.6 Å². The molecule has 2 rings (SSSR count). The Kier molecular flexibility index (Phi) is 7.45. The summed E-state index contributed by atoms with van der Waals surface area (Å²) in [5, 5.41) is 10.7. The average Bonchev–Trinajstić information content (AvgIpc) is 2.94. The zero-order chi connectivity index (χ0) is 19.1. The summed E-state index contributed by atoms with van der Waals surface area (Å²) in [5.74, 6) is 0.241. The molecule has 1 aromatic rings. The van der Waals surface area contributed by atoms with Crippen molar-refractivity contribution < 1.29 is 23.8 Å². The first-order valence-corrected chi connectivity index (χ1v) is 9.28. The molecule has 138 valence electrons. The van der Waals surface area contributed by atoms with Gasteiger partial charge >= 0.3 is 5.97 Å². The van der Waals surface area contributed by atoms with E-state index in [9.17, 15) is 9.59 Å². The van der Waals surface area contributed by atoms with E-state index in [-0.39, 0.29) is 10.1 Å². The highest BCUT2D eigenvalue weighted by Crippen LogP contribution is 2.33. The molecule has 8 nitrogen and oxygen atoms in total. The first-order valence-electron chi connectivity index (χ1n) is 7.38. The first kappa shape index (κ1) is 20.2. The van der Waals surface area contributed by atoms with Crippen molar-refractivity contribution in [3.63, 3.8) is 0 Å². The van der Waals surface area contributed by atoms with Crippen LogP contribution in [-0.4, -0.2) is 44.1 Å². The number of halogens is 1. The number of hydrogen-bond donors (Lipinski definition) is 1. The smallest absolute Gasteiger partial charge is 0.331 e. The Labute approximate surface area is 168 Å². The molecule has 0 radical (unpaired) electrons. The van der Waals surface area contributed by atoms with Crippen LogP contribution < -0.4 is 14.8 Å². The van der Waals surface area contributed by atoms with Gasteiger partial charge in [-0.2, -0.15) is 5.10 Å². The van der Waals surface area contributed by atoms with Crippen LogP contribution >= 0.6 is 34.4 Å². The maximum atomic E-state index is 11.7. The number of amides is 1. The normalized spacial score (nSPS) is 17.0. The van der Waals surface area contributed by atoms with Crippen LogP contribution in [-0.2, 0) is 14.3 Å². The fourth-order valence-electron chi connectivity index (χ4n) is 1.91. The third-order valence-corrected chi connectivity index (χ3v) is 4.69. The third kappa shape index (κ3) is 5.21. The molecule has 1 aliphatic heterocycles. The van der Waals surface area contributed by atoms with E-state index in [1.54, 1.807) is 13.2 Å². The van der Waals surface area contributed by atoms with Gasteiger partial charge in [-0.1, -0.05) is 0 Å². The standard InChI is InChI=1S/C16H16IN3O5S/c1-4-25-11-6-9(5-10(17)14(11)24-3)8-18-20-16-19-15(22)12(26-16)7-13(21)23-2/h5-8H,4H2,1-3H3,(H,19,20,22)/b12-7+,18-8?. The molecule has 1 fully saturated rings. The Morgan fingerprint density at radius 1 is 1.38 bits per heavy atom. The number of carbonyl (C=O) groups is 2. The molecule has 0 unspecified atom stereocenters. The number of rotatable bonds is 6. The Hall–Kier alpha value is -2.08. The number of carbonyl (C=O) groups excluding carboxylic acids is 2. The van der Waals surface area contributed by atoms with Gasteiger partial charge in [0.2, 0.25) is 0 Å². The molecule has 26 heavy (non-hydrogen) atoms. The first-order chi connectivity index (χ1) is 12.5. The van der Waals surface area contributed by atoms with E-state index in [0.717, 1.165) is 27.0 Å². The Morgan fingerprint density at radius 3 is 2.81 bits per heavy atom. The number of methoxy groups -OCH3 is 2. The lowest BCUT2D eigenvalue weighted by Gasteiger charge is -2.11. The van der Waals surface area contributed by atoms with Crippen LogP contribution in [0.4, 0.5) is 0 Å². The van der Waals surface area contributed by atoms with Crippen molar-refractivity contribution in [2.24, 2.45) is 10.2 Å². The number of nitrogens with one attached hydrogen (secondary N) is 1. The van der Waals surface area contributed by atoms with E-state index in [1.165, 1.54) is 13.3 Å². The predicted molar refractivity (Wildman–Crippen MR) is 108 cm³/mol. The van der Waals surface area contributed by atoms with Gasteiger partial charge in [0.15, 0.2) is 16.7 Å². The van der Waals surface area contributed by atoms with Crippen molar-refractivity contribution in [2.75, 3.05) is 20.8 Å². The third-order valence-electron chi connectivity index (χ3n) is 2.99. The average molecular weight is 489 g/mol. The Bertz CT molecular complexity index is 807. The van der Waals surface area contributed by atoms with Crippen LogP contribution in [0.2, 0.25) is 0 Å². The monoisotopic (exact) mass is 489 g/mol. The van der Waals surface area contributed by atoms with Crippen molar-refractivity contribution in [1.82, 2.24) is 5.32 Å². The molecule has 0 aliphatic carbocycles. The molecule has 1 heterocycles. The van der Waals surface area contributed by atoms with Crippen LogP contribution in [0, 0.1) is 3.57 Å². The van der Waals surface area contributed by atoms with E-state index in [0.29, 0.717) is 18.1 Å². The number of nitrogens with zero attached hydrogens (tertiary/aromatic N) is 2. The number of thioether (sulfide) groups is 1. The Balaban J connectivity index is 2.15. The Morgan fingerprint density at radius 2 is 2.15 bits per heavy atom. The second kappa shape index (κ2) is 9.57. The lowest BCUT2D eigenvalue weighted by molar-refractivity contribution is -0.135. The van der Waals surface area contributed by atoms with Crippen molar-refractivity contribution in [3.05, 3.63) is 32.2 Å². The molecule has 0 saturated carbocycles. The summed E-state index contributed by atoms with van der Waals surface area (Å²) in [7, 11) is 2.82. The largest absolute Gasteiger partial charge is 0.492 e. The molecule has 1 amide bonds. The molecule has 1 saturated heterocycles. The summed E-state index contributed by atoms with van der Waals surface area (Å²) < 4.78 is 16.3. The molecule has 0 atom stereocenters. The molecule has 1 N–H and O–H groups in total. The minimum Gasteiger partial charge on any atom is -0.492 e. The van der Waals surface area contributed by atoms with Crippen LogP contribution in [0.25, 0.3) is 0 Å². The quantitative estimate of drug-likeness (QED) is 0.217. The van der Waals surface area contributed by atoms with Gasteiger partial charge in [0.05, 0.1) is 35.5 Å². The molecular weight excluding hydrogens is 473 g/mol. The summed E-state index contributed by atoms with van der Waals surface area (Å²) in [6.07, 6.45) is 2.64. The fraction of sp³-hybridized carbons (Fsp3) is 0.250. The van der Waals surface area contributed by atoms with Crippen LogP contribution in [0.1, 0.15) is 12.5 Å². The second-order valence-electron chi connectivity index (χ2n) is 4.70. The van der Waals surface area contributed by atoms with Gasteiger partial charge in [0.1, 0.15) is 0 Å². The number of esters is 1.